The smallest absolute Gasteiger partial charge is 0.279 e. The van der Waals surface area contributed by atoms with E-state index in [9.17, 15) is 9.59 Å². The predicted molar refractivity (Wildman–Crippen MR) is 120 cm³/mol. The zero-order chi connectivity index (χ0) is 21.7. The van der Waals surface area contributed by atoms with Gasteiger partial charge in [0, 0.05) is 11.4 Å². The molecule has 2 aromatic carbocycles. The molecule has 2 aromatic rings. The molecule has 6 nitrogen and oxygen atoms in total. The van der Waals surface area contributed by atoms with E-state index in [4.69, 9.17) is 0 Å². The largest absolute Gasteiger partial charge is 0.321 e. The summed E-state index contributed by atoms with van der Waals surface area (Å²) >= 11 is 0. The van der Waals surface area contributed by atoms with Crippen LogP contribution in [0.5, 0.6) is 0 Å². The lowest BCUT2D eigenvalue weighted by Crippen LogP contribution is -3.28. The maximum Gasteiger partial charge on any atom is 0.279 e. The van der Waals surface area contributed by atoms with E-state index in [1.165, 1.54) is 15.4 Å². The molecular formula is C24H34N4O2+2. The van der Waals surface area contributed by atoms with Gasteiger partial charge in [-0.3, -0.25) is 9.59 Å². The minimum atomic E-state index is 0.0508. The third-order valence-electron chi connectivity index (χ3n) is 6.03. The van der Waals surface area contributed by atoms with Gasteiger partial charge in [0.1, 0.15) is 26.2 Å². The number of nitrogens with one attached hydrogen (secondary N) is 4. The zero-order valence-corrected chi connectivity index (χ0v) is 18.5. The fourth-order valence-electron chi connectivity index (χ4n) is 3.91. The highest BCUT2D eigenvalue weighted by atomic mass is 16.2. The number of piperazine rings is 1. The Kier molecular flexibility index (Phi) is 7.24. The second-order valence-corrected chi connectivity index (χ2v) is 8.52. The average molecular weight is 411 g/mol. The van der Waals surface area contributed by atoms with Gasteiger partial charge in [-0.15, -0.1) is 0 Å². The minimum absolute atomic E-state index is 0.0508. The van der Waals surface area contributed by atoms with Crippen LogP contribution in [0.4, 0.5) is 11.4 Å². The predicted octanol–water partition coefficient (Wildman–Crippen LogP) is 0.281. The lowest BCUT2D eigenvalue weighted by atomic mass is 10.1. The van der Waals surface area contributed by atoms with E-state index >= 15 is 0 Å². The lowest BCUT2D eigenvalue weighted by Gasteiger charge is -2.29. The van der Waals surface area contributed by atoms with Crippen molar-refractivity contribution in [2.24, 2.45) is 0 Å². The summed E-state index contributed by atoms with van der Waals surface area (Å²) in [4.78, 5) is 27.5. The van der Waals surface area contributed by atoms with Crippen molar-refractivity contribution in [3.05, 3.63) is 58.7 Å². The molecule has 0 unspecified atom stereocenters. The minimum Gasteiger partial charge on any atom is -0.321 e. The fraction of sp³-hybridized carbons (Fsp3) is 0.417. The zero-order valence-electron chi connectivity index (χ0n) is 18.5. The summed E-state index contributed by atoms with van der Waals surface area (Å²) in [6.45, 7) is 12.6. The Morgan fingerprint density at radius 3 is 1.93 bits per heavy atom. The Morgan fingerprint density at radius 1 is 0.767 bits per heavy atom. The van der Waals surface area contributed by atoms with E-state index in [1.807, 2.05) is 45.0 Å². The maximum absolute atomic E-state index is 12.5. The second-order valence-electron chi connectivity index (χ2n) is 8.52. The van der Waals surface area contributed by atoms with Crippen molar-refractivity contribution in [3.8, 4) is 0 Å². The summed E-state index contributed by atoms with van der Waals surface area (Å²) in [5, 5.41) is 6.10. The molecule has 1 saturated heterocycles. The molecule has 3 rings (SSSR count). The molecule has 0 spiro atoms. The van der Waals surface area contributed by atoms with Crippen LogP contribution in [0.25, 0.3) is 0 Å². The first-order chi connectivity index (χ1) is 14.3. The van der Waals surface area contributed by atoms with Crippen LogP contribution in [0.2, 0.25) is 0 Å². The van der Waals surface area contributed by atoms with Crippen LogP contribution in [0.3, 0.4) is 0 Å². The number of hydrogen-bond donors (Lipinski definition) is 4. The Balaban J connectivity index is 1.43. The van der Waals surface area contributed by atoms with Crippen LogP contribution >= 0.6 is 0 Å². The molecule has 6 heteroatoms. The Hall–Kier alpha value is -2.70. The summed E-state index contributed by atoms with van der Waals surface area (Å²) < 4.78 is 0. The van der Waals surface area contributed by atoms with Crippen molar-refractivity contribution < 1.29 is 19.4 Å². The van der Waals surface area contributed by atoms with Crippen molar-refractivity contribution in [1.29, 1.82) is 0 Å². The standard InChI is InChI=1S/C24H32N4O2/c1-17-8-9-19(3)22(14-17)26-24(30)16-28-12-10-27(11-13-28)15-23(29)25-21-7-5-6-18(2)20(21)4/h5-9,14H,10-13,15-16H2,1-4H3,(H,25,29)(H,26,30)/p+2. The molecule has 0 aliphatic carbocycles. The summed E-state index contributed by atoms with van der Waals surface area (Å²) in [6.07, 6.45) is 0. The van der Waals surface area contributed by atoms with E-state index in [1.54, 1.807) is 0 Å². The molecule has 0 saturated carbocycles. The van der Waals surface area contributed by atoms with Crippen LogP contribution in [0.15, 0.2) is 36.4 Å². The van der Waals surface area contributed by atoms with Gasteiger partial charge >= 0.3 is 0 Å². The average Bonchev–Trinajstić information content (AvgIpc) is 2.70. The number of amides is 2. The molecule has 0 aromatic heterocycles. The van der Waals surface area contributed by atoms with Gasteiger partial charge in [-0.25, -0.2) is 0 Å². The van der Waals surface area contributed by atoms with Gasteiger partial charge in [-0.1, -0.05) is 24.3 Å². The number of carbonyl (C=O) groups is 2. The van der Waals surface area contributed by atoms with Crippen molar-refractivity contribution >= 4 is 23.2 Å². The van der Waals surface area contributed by atoms with Gasteiger partial charge < -0.3 is 20.4 Å². The molecule has 1 aliphatic heterocycles. The van der Waals surface area contributed by atoms with E-state index < -0.39 is 0 Å². The van der Waals surface area contributed by atoms with Gasteiger partial charge in [0.15, 0.2) is 13.1 Å². The van der Waals surface area contributed by atoms with Crippen LogP contribution < -0.4 is 20.4 Å². The van der Waals surface area contributed by atoms with Gasteiger partial charge in [-0.2, -0.15) is 0 Å². The summed E-state index contributed by atoms with van der Waals surface area (Å²) in [5.74, 6) is 0.102. The summed E-state index contributed by atoms with van der Waals surface area (Å²) in [7, 11) is 0. The number of rotatable bonds is 6. The van der Waals surface area contributed by atoms with Crippen molar-refractivity contribution in [2.45, 2.75) is 27.7 Å². The van der Waals surface area contributed by atoms with Crippen molar-refractivity contribution in [1.82, 2.24) is 0 Å². The van der Waals surface area contributed by atoms with Crippen LogP contribution in [0.1, 0.15) is 22.3 Å². The topological polar surface area (TPSA) is 67.1 Å². The van der Waals surface area contributed by atoms with Crippen LogP contribution in [0, 0.1) is 27.7 Å². The number of hydrogen-bond acceptors (Lipinski definition) is 2. The Bertz CT molecular complexity index is 891. The van der Waals surface area contributed by atoms with E-state index in [0.717, 1.165) is 54.2 Å². The first kappa shape index (κ1) is 22.0. The lowest BCUT2D eigenvalue weighted by molar-refractivity contribution is -1.00. The molecule has 30 heavy (non-hydrogen) atoms. The molecule has 2 amide bonds. The van der Waals surface area contributed by atoms with Crippen LogP contribution in [-0.4, -0.2) is 51.1 Å². The number of anilines is 2. The highest BCUT2D eigenvalue weighted by Gasteiger charge is 2.26. The fourth-order valence-corrected chi connectivity index (χ4v) is 3.91. The molecule has 4 N–H and O–H groups in total. The summed E-state index contributed by atoms with van der Waals surface area (Å²) in [6, 6.07) is 12.1. The second kappa shape index (κ2) is 9.87. The normalized spacial score (nSPS) is 18.7. The van der Waals surface area contributed by atoms with E-state index in [0.29, 0.717) is 13.1 Å². The number of quaternary nitrogens is 2. The number of carbonyl (C=O) groups excluding carboxylic acids is 2. The molecule has 1 heterocycles. The molecule has 1 aliphatic rings. The van der Waals surface area contributed by atoms with Gasteiger partial charge in [0.2, 0.25) is 0 Å². The Morgan fingerprint density at radius 2 is 1.33 bits per heavy atom. The maximum atomic E-state index is 12.5. The molecule has 0 bridgehead atoms. The first-order valence-corrected chi connectivity index (χ1v) is 10.7. The summed E-state index contributed by atoms with van der Waals surface area (Å²) in [5.41, 5.74) is 6.30. The quantitative estimate of drug-likeness (QED) is 0.553. The van der Waals surface area contributed by atoms with E-state index in [-0.39, 0.29) is 11.8 Å². The monoisotopic (exact) mass is 410 g/mol. The van der Waals surface area contributed by atoms with Gasteiger partial charge in [-0.05, 0) is 62.1 Å². The third kappa shape index (κ3) is 5.90. The number of aryl methyl sites for hydroxylation is 3. The van der Waals surface area contributed by atoms with Crippen LogP contribution in [-0.2, 0) is 9.59 Å². The highest BCUT2D eigenvalue weighted by Crippen LogP contribution is 2.17. The first-order valence-electron chi connectivity index (χ1n) is 10.7. The van der Waals surface area contributed by atoms with Gasteiger partial charge in [0.25, 0.3) is 11.8 Å². The van der Waals surface area contributed by atoms with E-state index in [2.05, 4.69) is 29.7 Å². The SMILES string of the molecule is Cc1ccc(C)c(NC(=O)C[NH+]2CC[NH+](CC(=O)Nc3cccc(C)c3C)CC2)c1. The molecule has 1 fully saturated rings. The number of benzene rings is 2. The Labute approximate surface area is 179 Å². The van der Waals surface area contributed by atoms with Gasteiger partial charge in [0.05, 0.1) is 0 Å². The molecule has 0 radical (unpaired) electrons. The molecule has 0 atom stereocenters. The van der Waals surface area contributed by atoms with Crippen molar-refractivity contribution in [2.75, 3.05) is 49.9 Å². The molecule has 160 valence electrons. The third-order valence-corrected chi connectivity index (χ3v) is 6.03. The highest BCUT2D eigenvalue weighted by molar-refractivity contribution is 5.93. The van der Waals surface area contributed by atoms with Crippen molar-refractivity contribution in [3.63, 3.8) is 0 Å². The molecular weight excluding hydrogens is 376 g/mol.